The predicted molar refractivity (Wildman–Crippen MR) is 60.3 cm³/mol. The molecule has 0 amide bonds. The molecule has 8 heteroatoms. The van der Waals surface area contributed by atoms with E-state index >= 15 is 0 Å². The van der Waals surface area contributed by atoms with Crippen LogP contribution in [0.2, 0.25) is 0 Å². The minimum absolute atomic E-state index is 0.682. The molecular weight excluding hydrogens is 238 g/mol. The fourth-order valence-electron chi connectivity index (χ4n) is 1.36. The van der Waals surface area contributed by atoms with Crippen molar-refractivity contribution in [1.29, 1.82) is 0 Å². The quantitative estimate of drug-likeness (QED) is 0.614. The maximum absolute atomic E-state index is 4.24. The SMILES string of the molecule is Cn1nnnc1Sc1ncnc2cnccc12. The fraction of sp³-hybridized carbons (Fsp3) is 0.111. The number of hydrogen-bond donors (Lipinski definition) is 0. The second-order valence-corrected chi connectivity index (χ2v) is 4.21. The van der Waals surface area contributed by atoms with Gasteiger partial charge in [-0.1, -0.05) is 0 Å². The molecule has 84 valence electrons. The Balaban J connectivity index is 2.09. The highest BCUT2D eigenvalue weighted by Crippen LogP contribution is 2.28. The van der Waals surface area contributed by atoms with Gasteiger partial charge in [-0.05, 0) is 28.3 Å². The number of nitrogens with zero attached hydrogens (tertiary/aromatic N) is 7. The summed E-state index contributed by atoms with van der Waals surface area (Å²) < 4.78 is 1.60. The molecule has 0 atom stereocenters. The number of pyridine rings is 1. The van der Waals surface area contributed by atoms with Gasteiger partial charge >= 0.3 is 0 Å². The van der Waals surface area contributed by atoms with E-state index in [0.29, 0.717) is 5.16 Å². The first-order valence-electron chi connectivity index (χ1n) is 4.79. The van der Waals surface area contributed by atoms with Gasteiger partial charge in [0.2, 0.25) is 5.16 Å². The fourth-order valence-corrected chi connectivity index (χ4v) is 2.16. The van der Waals surface area contributed by atoms with E-state index in [1.165, 1.54) is 18.1 Å². The normalized spacial score (nSPS) is 10.9. The second-order valence-electron chi connectivity index (χ2n) is 3.26. The molecule has 0 fully saturated rings. The molecule has 17 heavy (non-hydrogen) atoms. The first kappa shape index (κ1) is 10.1. The molecule has 3 aromatic heterocycles. The lowest BCUT2D eigenvalue weighted by atomic mass is 10.3. The lowest BCUT2D eigenvalue weighted by Gasteiger charge is -2.02. The average Bonchev–Trinajstić information content (AvgIpc) is 2.76. The molecule has 0 spiro atoms. The Morgan fingerprint density at radius 1 is 1.29 bits per heavy atom. The molecule has 0 bridgehead atoms. The van der Waals surface area contributed by atoms with E-state index in [2.05, 4.69) is 30.5 Å². The first-order chi connectivity index (χ1) is 8.34. The Bertz CT molecular complexity index is 660. The summed E-state index contributed by atoms with van der Waals surface area (Å²) in [6.07, 6.45) is 4.93. The van der Waals surface area contributed by atoms with Crippen LogP contribution in [0, 0.1) is 0 Å². The van der Waals surface area contributed by atoms with Gasteiger partial charge in [-0.3, -0.25) is 4.98 Å². The molecule has 0 radical (unpaired) electrons. The molecule has 3 aromatic rings. The molecule has 0 N–H and O–H groups in total. The van der Waals surface area contributed by atoms with Gasteiger partial charge in [-0.15, -0.1) is 5.10 Å². The molecular formula is C9H7N7S. The van der Waals surface area contributed by atoms with Crippen molar-refractivity contribution in [2.24, 2.45) is 7.05 Å². The topological polar surface area (TPSA) is 82.3 Å². The van der Waals surface area contributed by atoms with Crippen molar-refractivity contribution in [1.82, 2.24) is 35.2 Å². The van der Waals surface area contributed by atoms with Crippen molar-refractivity contribution in [3.63, 3.8) is 0 Å². The highest BCUT2D eigenvalue weighted by atomic mass is 32.2. The molecule has 0 saturated carbocycles. The van der Waals surface area contributed by atoms with E-state index in [9.17, 15) is 0 Å². The van der Waals surface area contributed by atoms with E-state index in [0.717, 1.165) is 15.9 Å². The summed E-state index contributed by atoms with van der Waals surface area (Å²) in [7, 11) is 1.78. The van der Waals surface area contributed by atoms with Gasteiger partial charge in [0.25, 0.3) is 0 Å². The van der Waals surface area contributed by atoms with Crippen molar-refractivity contribution in [3.05, 3.63) is 24.8 Å². The number of hydrogen-bond acceptors (Lipinski definition) is 7. The van der Waals surface area contributed by atoms with Gasteiger partial charge in [0.1, 0.15) is 11.4 Å². The zero-order valence-electron chi connectivity index (χ0n) is 8.85. The number of rotatable bonds is 2. The van der Waals surface area contributed by atoms with Crippen LogP contribution in [0.4, 0.5) is 0 Å². The summed E-state index contributed by atoms with van der Waals surface area (Å²) in [5, 5.41) is 13.7. The molecule has 3 rings (SSSR count). The van der Waals surface area contributed by atoms with Gasteiger partial charge in [-0.25, -0.2) is 14.6 Å². The minimum Gasteiger partial charge on any atom is -0.262 e. The number of aryl methyl sites for hydroxylation is 1. The van der Waals surface area contributed by atoms with Crippen molar-refractivity contribution < 1.29 is 0 Å². The Hall–Kier alpha value is -2.09. The van der Waals surface area contributed by atoms with Crippen LogP contribution in [0.25, 0.3) is 10.9 Å². The van der Waals surface area contributed by atoms with Crippen LogP contribution in [0.15, 0.2) is 35.0 Å². The largest absolute Gasteiger partial charge is 0.262 e. The summed E-state index contributed by atoms with van der Waals surface area (Å²) in [5.41, 5.74) is 0.806. The van der Waals surface area contributed by atoms with E-state index < -0.39 is 0 Å². The van der Waals surface area contributed by atoms with Crippen molar-refractivity contribution in [2.45, 2.75) is 10.2 Å². The molecule has 0 unspecified atom stereocenters. The Labute approximate surface area is 100 Å². The third kappa shape index (κ3) is 1.82. The smallest absolute Gasteiger partial charge is 0.215 e. The van der Waals surface area contributed by atoms with E-state index in [-0.39, 0.29) is 0 Å². The maximum Gasteiger partial charge on any atom is 0.215 e. The number of tetrazole rings is 1. The van der Waals surface area contributed by atoms with Crippen molar-refractivity contribution in [3.8, 4) is 0 Å². The first-order valence-corrected chi connectivity index (χ1v) is 5.61. The Morgan fingerprint density at radius 2 is 2.24 bits per heavy atom. The lowest BCUT2D eigenvalue weighted by Crippen LogP contribution is -1.94. The summed E-state index contributed by atoms with van der Waals surface area (Å²) in [6.45, 7) is 0. The Kier molecular flexibility index (Phi) is 2.41. The van der Waals surface area contributed by atoms with Crippen LogP contribution in [-0.2, 0) is 7.05 Å². The number of aromatic nitrogens is 7. The van der Waals surface area contributed by atoms with E-state index in [4.69, 9.17) is 0 Å². The monoisotopic (exact) mass is 245 g/mol. The maximum atomic E-state index is 4.24. The van der Waals surface area contributed by atoms with E-state index in [1.807, 2.05) is 6.07 Å². The predicted octanol–water partition coefficient (Wildman–Crippen LogP) is 0.699. The average molecular weight is 245 g/mol. The number of fused-ring (bicyclic) bond motifs is 1. The summed E-state index contributed by atoms with van der Waals surface area (Å²) in [5.74, 6) is 0. The lowest BCUT2D eigenvalue weighted by molar-refractivity contribution is 0.664. The summed E-state index contributed by atoms with van der Waals surface area (Å²) in [4.78, 5) is 12.4. The van der Waals surface area contributed by atoms with E-state index in [1.54, 1.807) is 24.1 Å². The van der Waals surface area contributed by atoms with Crippen LogP contribution in [-0.4, -0.2) is 35.2 Å². The highest BCUT2D eigenvalue weighted by Gasteiger charge is 2.09. The van der Waals surface area contributed by atoms with Crippen LogP contribution in [0.1, 0.15) is 0 Å². The van der Waals surface area contributed by atoms with Gasteiger partial charge < -0.3 is 0 Å². The van der Waals surface area contributed by atoms with Crippen molar-refractivity contribution in [2.75, 3.05) is 0 Å². The molecule has 0 saturated heterocycles. The zero-order chi connectivity index (χ0) is 11.7. The molecule has 0 aliphatic rings. The molecule has 3 heterocycles. The molecule has 7 nitrogen and oxygen atoms in total. The molecule has 0 aromatic carbocycles. The standard InChI is InChI=1S/C9H7N7S/c1-16-9(13-14-15-16)17-8-6-2-3-10-4-7(6)11-5-12-8/h2-5H,1H3. The highest BCUT2D eigenvalue weighted by molar-refractivity contribution is 7.99. The minimum atomic E-state index is 0.682. The van der Waals surface area contributed by atoms with Gasteiger partial charge in [0, 0.05) is 18.6 Å². The molecule has 0 aliphatic heterocycles. The zero-order valence-corrected chi connectivity index (χ0v) is 9.66. The van der Waals surface area contributed by atoms with Crippen LogP contribution in [0.5, 0.6) is 0 Å². The third-order valence-electron chi connectivity index (χ3n) is 2.17. The third-order valence-corrected chi connectivity index (χ3v) is 3.22. The Morgan fingerprint density at radius 3 is 3.06 bits per heavy atom. The van der Waals surface area contributed by atoms with Gasteiger partial charge in [-0.2, -0.15) is 0 Å². The van der Waals surface area contributed by atoms with Crippen LogP contribution < -0.4 is 0 Å². The van der Waals surface area contributed by atoms with Gasteiger partial charge in [0.15, 0.2) is 0 Å². The van der Waals surface area contributed by atoms with Crippen molar-refractivity contribution >= 4 is 22.7 Å². The van der Waals surface area contributed by atoms with Crippen LogP contribution in [0.3, 0.4) is 0 Å². The summed E-state index contributed by atoms with van der Waals surface area (Å²) in [6, 6.07) is 1.88. The second kappa shape index (κ2) is 4.06. The van der Waals surface area contributed by atoms with Crippen LogP contribution >= 0.6 is 11.8 Å². The molecule has 0 aliphatic carbocycles. The summed E-state index contributed by atoms with van der Waals surface area (Å²) >= 11 is 1.40. The van der Waals surface area contributed by atoms with Gasteiger partial charge in [0.05, 0.1) is 11.7 Å².